The van der Waals surface area contributed by atoms with Gasteiger partial charge in [0.05, 0.1) is 11.8 Å². The molecule has 16 heavy (non-hydrogen) atoms. The predicted octanol–water partition coefficient (Wildman–Crippen LogP) is 2.17. The Bertz CT molecular complexity index is 360. The molecule has 0 spiro atoms. The van der Waals surface area contributed by atoms with Gasteiger partial charge in [-0.15, -0.1) is 0 Å². The SMILES string of the molecule is CC1CCC(c2ocnc2CNC2CC2)O1. The van der Waals surface area contributed by atoms with Crippen molar-refractivity contribution in [1.82, 2.24) is 10.3 Å². The number of rotatable bonds is 4. The maximum atomic E-state index is 5.81. The fourth-order valence-electron chi connectivity index (χ4n) is 2.20. The summed E-state index contributed by atoms with van der Waals surface area (Å²) in [6, 6.07) is 0.702. The molecule has 2 atom stereocenters. The summed E-state index contributed by atoms with van der Waals surface area (Å²) >= 11 is 0. The number of oxazole rings is 1. The van der Waals surface area contributed by atoms with Crippen molar-refractivity contribution in [3.05, 3.63) is 17.8 Å². The quantitative estimate of drug-likeness (QED) is 0.848. The van der Waals surface area contributed by atoms with E-state index >= 15 is 0 Å². The summed E-state index contributed by atoms with van der Waals surface area (Å²) in [6.07, 6.45) is 6.75. The standard InChI is InChI=1S/C12H18N2O2/c1-8-2-5-11(16-8)12-10(14-7-15-12)6-13-9-3-4-9/h7-9,11,13H,2-6H2,1H3. The molecule has 3 rings (SSSR count). The van der Waals surface area contributed by atoms with Gasteiger partial charge in [-0.05, 0) is 32.6 Å². The zero-order valence-corrected chi connectivity index (χ0v) is 9.61. The monoisotopic (exact) mass is 222 g/mol. The lowest BCUT2D eigenvalue weighted by molar-refractivity contribution is 0.0417. The van der Waals surface area contributed by atoms with E-state index in [1.165, 1.54) is 19.2 Å². The van der Waals surface area contributed by atoms with Gasteiger partial charge in [0.25, 0.3) is 0 Å². The first-order valence-electron chi connectivity index (χ1n) is 6.14. The van der Waals surface area contributed by atoms with Crippen LogP contribution in [0.3, 0.4) is 0 Å². The van der Waals surface area contributed by atoms with Crippen molar-refractivity contribution in [3.63, 3.8) is 0 Å². The van der Waals surface area contributed by atoms with Crippen molar-refractivity contribution < 1.29 is 9.15 Å². The van der Waals surface area contributed by atoms with Crippen LogP contribution in [0.15, 0.2) is 10.8 Å². The molecule has 1 saturated heterocycles. The largest absolute Gasteiger partial charge is 0.445 e. The number of hydrogen-bond acceptors (Lipinski definition) is 4. The third-order valence-corrected chi connectivity index (χ3v) is 3.33. The van der Waals surface area contributed by atoms with Crippen LogP contribution in [0, 0.1) is 0 Å². The van der Waals surface area contributed by atoms with Crippen LogP contribution in [0.4, 0.5) is 0 Å². The molecule has 2 heterocycles. The second kappa shape index (κ2) is 4.18. The maximum Gasteiger partial charge on any atom is 0.181 e. The number of hydrogen-bond donors (Lipinski definition) is 1. The average Bonchev–Trinajstić information content (AvgIpc) is 2.82. The molecule has 1 aliphatic heterocycles. The highest BCUT2D eigenvalue weighted by Crippen LogP contribution is 2.34. The number of aromatic nitrogens is 1. The Hall–Kier alpha value is -0.870. The first-order valence-corrected chi connectivity index (χ1v) is 6.14. The highest BCUT2D eigenvalue weighted by Gasteiger charge is 2.29. The summed E-state index contributed by atoms with van der Waals surface area (Å²) in [7, 11) is 0. The van der Waals surface area contributed by atoms with Crippen LogP contribution < -0.4 is 5.32 Å². The minimum atomic E-state index is 0.119. The first-order chi connectivity index (χ1) is 7.83. The molecular weight excluding hydrogens is 204 g/mol. The van der Waals surface area contributed by atoms with Crippen molar-refractivity contribution in [2.24, 2.45) is 0 Å². The molecule has 0 radical (unpaired) electrons. The van der Waals surface area contributed by atoms with Gasteiger partial charge >= 0.3 is 0 Å². The molecule has 1 N–H and O–H groups in total. The molecule has 0 aromatic carbocycles. The topological polar surface area (TPSA) is 47.3 Å². The average molecular weight is 222 g/mol. The molecule has 2 unspecified atom stereocenters. The molecule has 1 aromatic heterocycles. The molecule has 1 saturated carbocycles. The summed E-state index contributed by atoms with van der Waals surface area (Å²) in [6.45, 7) is 2.92. The van der Waals surface area contributed by atoms with Crippen LogP contribution in [0.25, 0.3) is 0 Å². The molecule has 0 amide bonds. The molecule has 2 fully saturated rings. The predicted molar refractivity (Wildman–Crippen MR) is 58.9 cm³/mol. The van der Waals surface area contributed by atoms with E-state index in [-0.39, 0.29) is 6.10 Å². The van der Waals surface area contributed by atoms with Gasteiger partial charge in [0.1, 0.15) is 6.10 Å². The van der Waals surface area contributed by atoms with Crippen molar-refractivity contribution >= 4 is 0 Å². The second-order valence-corrected chi connectivity index (χ2v) is 4.83. The Labute approximate surface area is 95.4 Å². The Morgan fingerprint density at radius 1 is 1.38 bits per heavy atom. The molecule has 1 aliphatic carbocycles. The van der Waals surface area contributed by atoms with E-state index in [9.17, 15) is 0 Å². The smallest absolute Gasteiger partial charge is 0.181 e. The Balaban J connectivity index is 1.66. The Morgan fingerprint density at radius 2 is 2.25 bits per heavy atom. The molecule has 4 heteroatoms. The summed E-state index contributed by atoms with van der Waals surface area (Å²) in [5.74, 6) is 0.928. The number of ether oxygens (including phenoxy) is 1. The van der Waals surface area contributed by atoms with Gasteiger partial charge in [-0.2, -0.15) is 0 Å². The minimum absolute atomic E-state index is 0.119. The van der Waals surface area contributed by atoms with Gasteiger partial charge in [0, 0.05) is 12.6 Å². The minimum Gasteiger partial charge on any atom is -0.445 e. The number of nitrogens with one attached hydrogen (secondary N) is 1. The molecule has 88 valence electrons. The van der Waals surface area contributed by atoms with E-state index < -0.39 is 0 Å². The molecule has 0 bridgehead atoms. The van der Waals surface area contributed by atoms with E-state index in [4.69, 9.17) is 9.15 Å². The van der Waals surface area contributed by atoms with Crippen LogP contribution in [0.5, 0.6) is 0 Å². The molecule has 2 aliphatic rings. The molecule has 4 nitrogen and oxygen atoms in total. The third kappa shape index (κ3) is 2.13. The maximum absolute atomic E-state index is 5.81. The molecule has 1 aromatic rings. The van der Waals surface area contributed by atoms with E-state index in [0.29, 0.717) is 12.1 Å². The van der Waals surface area contributed by atoms with Crippen LogP contribution >= 0.6 is 0 Å². The van der Waals surface area contributed by atoms with Crippen LogP contribution in [0.1, 0.15) is 50.2 Å². The molecular formula is C12H18N2O2. The van der Waals surface area contributed by atoms with Gasteiger partial charge in [-0.1, -0.05) is 0 Å². The lowest BCUT2D eigenvalue weighted by atomic mass is 10.1. The Morgan fingerprint density at radius 3 is 2.94 bits per heavy atom. The highest BCUT2D eigenvalue weighted by atomic mass is 16.5. The van der Waals surface area contributed by atoms with Crippen molar-refractivity contribution in [1.29, 1.82) is 0 Å². The zero-order valence-electron chi connectivity index (χ0n) is 9.61. The summed E-state index contributed by atoms with van der Waals surface area (Å²) in [4.78, 5) is 4.28. The zero-order chi connectivity index (χ0) is 11.0. The van der Waals surface area contributed by atoms with Crippen LogP contribution in [-0.2, 0) is 11.3 Å². The van der Waals surface area contributed by atoms with E-state index in [0.717, 1.165) is 30.8 Å². The lowest BCUT2D eigenvalue weighted by Crippen LogP contribution is -2.17. The van der Waals surface area contributed by atoms with Gasteiger partial charge in [-0.25, -0.2) is 4.98 Å². The van der Waals surface area contributed by atoms with Crippen molar-refractivity contribution in [2.75, 3.05) is 0 Å². The summed E-state index contributed by atoms with van der Waals surface area (Å²) in [5.41, 5.74) is 1.02. The summed E-state index contributed by atoms with van der Waals surface area (Å²) < 4.78 is 11.3. The van der Waals surface area contributed by atoms with E-state index in [1.54, 1.807) is 0 Å². The first kappa shape index (κ1) is 10.3. The lowest BCUT2D eigenvalue weighted by Gasteiger charge is -2.09. The van der Waals surface area contributed by atoms with Gasteiger partial charge in [0.15, 0.2) is 12.2 Å². The highest BCUT2D eigenvalue weighted by molar-refractivity contribution is 5.12. The normalized spacial score (nSPS) is 29.8. The van der Waals surface area contributed by atoms with E-state index in [2.05, 4.69) is 17.2 Å². The van der Waals surface area contributed by atoms with Gasteiger partial charge in [0.2, 0.25) is 0 Å². The van der Waals surface area contributed by atoms with Crippen LogP contribution in [-0.4, -0.2) is 17.1 Å². The summed E-state index contributed by atoms with van der Waals surface area (Å²) in [5, 5.41) is 3.46. The van der Waals surface area contributed by atoms with Gasteiger partial charge in [-0.3, -0.25) is 0 Å². The second-order valence-electron chi connectivity index (χ2n) is 4.83. The number of nitrogens with zero attached hydrogens (tertiary/aromatic N) is 1. The van der Waals surface area contributed by atoms with E-state index in [1.807, 2.05) is 0 Å². The Kier molecular flexibility index (Phi) is 2.69. The van der Waals surface area contributed by atoms with Crippen molar-refractivity contribution in [2.45, 2.75) is 57.4 Å². The van der Waals surface area contributed by atoms with Gasteiger partial charge < -0.3 is 14.5 Å². The fourth-order valence-corrected chi connectivity index (χ4v) is 2.20. The van der Waals surface area contributed by atoms with Crippen LogP contribution in [0.2, 0.25) is 0 Å². The fraction of sp³-hybridized carbons (Fsp3) is 0.750. The third-order valence-electron chi connectivity index (χ3n) is 3.33. The van der Waals surface area contributed by atoms with Crippen molar-refractivity contribution in [3.8, 4) is 0 Å².